The SMILES string of the molecule is C1=CCc2c3c4c5c(c2=C1)C5C3=c1ccccc1=4. The maximum absolute atomic E-state index is 2.32. The van der Waals surface area contributed by atoms with Crippen LogP contribution in [0, 0.1) is 10.4 Å². The molecule has 0 heteroatoms. The summed E-state index contributed by atoms with van der Waals surface area (Å²) in [7, 11) is 0. The molecule has 0 aromatic heterocycles. The number of allylic oxidation sites excluding steroid dienone is 2. The maximum Gasteiger partial charge on any atom is 0.0371 e. The van der Waals surface area contributed by atoms with Crippen LogP contribution in [0.15, 0.2) is 36.4 Å². The molecule has 0 spiro atoms. The molecule has 2 aromatic carbocycles. The third kappa shape index (κ3) is 0.606. The lowest BCUT2D eigenvalue weighted by Gasteiger charge is -2.14. The molecule has 1 unspecified atom stereocenters. The number of rotatable bonds is 0. The Morgan fingerprint density at radius 3 is 2.83 bits per heavy atom. The lowest BCUT2D eigenvalue weighted by atomic mass is 9.89. The molecule has 18 heavy (non-hydrogen) atoms. The highest BCUT2D eigenvalue weighted by atomic mass is 14.5. The van der Waals surface area contributed by atoms with E-state index < -0.39 is 0 Å². The monoisotopic (exact) mass is 226 g/mol. The molecule has 0 saturated carbocycles. The van der Waals surface area contributed by atoms with E-state index in [0.29, 0.717) is 5.92 Å². The number of hydrogen-bond acceptors (Lipinski definition) is 0. The van der Waals surface area contributed by atoms with Crippen LogP contribution in [-0.2, 0) is 6.42 Å². The first kappa shape index (κ1) is 8.10. The van der Waals surface area contributed by atoms with Crippen molar-refractivity contribution in [3.05, 3.63) is 79.5 Å². The Morgan fingerprint density at radius 2 is 1.89 bits per heavy atom. The highest BCUT2D eigenvalue weighted by Crippen LogP contribution is 2.59. The van der Waals surface area contributed by atoms with E-state index in [1.807, 2.05) is 0 Å². The van der Waals surface area contributed by atoms with Gasteiger partial charge in [0, 0.05) is 5.92 Å². The van der Waals surface area contributed by atoms with Crippen LogP contribution in [0.4, 0.5) is 0 Å². The Balaban J connectivity index is 2.04. The molecule has 0 nitrogen and oxygen atoms in total. The van der Waals surface area contributed by atoms with Crippen LogP contribution >= 0.6 is 0 Å². The average molecular weight is 226 g/mol. The van der Waals surface area contributed by atoms with Crippen molar-refractivity contribution >= 4 is 11.6 Å². The van der Waals surface area contributed by atoms with Crippen LogP contribution in [0.25, 0.3) is 11.6 Å². The Hall–Kier alpha value is -2.08. The smallest absolute Gasteiger partial charge is 0.0371 e. The first-order chi connectivity index (χ1) is 8.97. The van der Waals surface area contributed by atoms with Gasteiger partial charge in [0.05, 0.1) is 0 Å². The van der Waals surface area contributed by atoms with E-state index in [2.05, 4.69) is 42.5 Å². The van der Waals surface area contributed by atoms with Crippen molar-refractivity contribution in [2.75, 3.05) is 0 Å². The lowest BCUT2D eigenvalue weighted by molar-refractivity contribution is 1.16. The first-order valence-electron chi connectivity index (χ1n) is 6.66. The fourth-order valence-electron chi connectivity index (χ4n) is 4.37. The van der Waals surface area contributed by atoms with Gasteiger partial charge in [0.25, 0.3) is 0 Å². The van der Waals surface area contributed by atoms with E-state index in [0.717, 1.165) is 6.42 Å². The Bertz CT molecular complexity index is 1030. The summed E-state index contributed by atoms with van der Waals surface area (Å²) < 4.78 is 0. The van der Waals surface area contributed by atoms with Crippen LogP contribution in [0.5, 0.6) is 0 Å². The van der Waals surface area contributed by atoms with Gasteiger partial charge in [-0.1, -0.05) is 42.5 Å². The second-order valence-corrected chi connectivity index (χ2v) is 5.66. The van der Waals surface area contributed by atoms with Crippen molar-refractivity contribution in [3.8, 4) is 0 Å². The zero-order valence-electron chi connectivity index (χ0n) is 9.83. The predicted molar refractivity (Wildman–Crippen MR) is 71.5 cm³/mol. The molecule has 0 saturated heterocycles. The molecule has 2 aromatic rings. The number of fused-ring (bicyclic) bond motifs is 1. The molecule has 0 heterocycles. The van der Waals surface area contributed by atoms with Crippen LogP contribution in [0.1, 0.15) is 28.2 Å². The summed E-state index contributed by atoms with van der Waals surface area (Å²) in [4.78, 5) is 0. The van der Waals surface area contributed by atoms with E-state index >= 15 is 0 Å². The second-order valence-electron chi connectivity index (χ2n) is 5.66. The van der Waals surface area contributed by atoms with Gasteiger partial charge in [-0.25, -0.2) is 0 Å². The topological polar surface area (TPSA) is 0 Å². The summed E-state index contributed by atoms with van der Waals surface area (Å²) in [6, 6.07) is 8.95. The fourth-order valence-corrected chi connectivity index (χ4v) is 4.37. The van der Waals surface area contributed by atoms with Crippen molar-refractivity contribution in [1.29, 1.82) is 0 Å². The van der Waals surface area contributed by atoms with E-state index in [1.165, 1.54) is 10.4 Å². The molecule has 0 aliphatic heterocycles. The fraction of sp³-hybridized carbons (Fsp3) is 0.111. The summed E-state index contributed by atoms with van der Waals surface area (Å²) in [5.74, 6) is 0.686. The van der Waals surface area contributed by atoms with Gasteiger partial charge in [0.15, 0.2) is 0 Å². The summed E-state index contributed by atoms with van der Waals surface area (Å²) in [6.07, 6.45) is 7.94. The standard InChI is InChI=1S/C18H10/c1-4-8-12-9(5-1)13-14-10-6-2-3-7-11(10)15(13)18-16(12)17(14)18/h1-4,6-8,17H,5H2. The third-order valence-electron chi connectivity index (χ3n) is 4.99. The maximum atomic E-state index is 2.32. The Morgan fingerprint density at radius 1 is 1.00 bits per heavy atom. The Labute approximate surface area is 104 Å². The van der Waals surface area contributed by atoms with Gasteiger partial charge in [-0.3, -0.25) is 0 Å². The van der Waals surface area contributed by atoms with Crippen molar-refractivity contribution in [2.24, 2.45) is 0 Å². The molecule has 0 N–H and O–H groups in total. The van der Waals surface area contributed by atoms with Crippen LogP contribution in [0.3, 0.4) is 0 Å². The molecule has 0 fully saturated rings. The summed E-state index contributed by atoms with van der Waals surface area (Å²) in [5.41, 5.74) is 8.12. The van der Waals surface area contributed by atoms with Gasteiger partial charge in [-0.2, -0.15) is 0 Å². The number of benzene rings is 2. The van der Waals surface area contributed by atoms with Crippen LogP contribution < -0.4 is 10.4 Å². The molecular formula is C18H10. The molecule has 1 atom stereocenters. The summed E-state index contributed by atoms with van der Waals surface area (Å²) in [6.45, 7) is 0. The van der Waals surface area contributed by atoms with Gasteiger partial charge in [-0.15, -0.1) is 0 Å². The zero-order chi connectivity index (χ0) is 11.4. The summed E-state index contributed by atoms with van der Waals surface area (Å²) >= 11 is 0. The molecular weight excluding hydrogens is 216 g/mol. The number of hydrogen-bond donors (Lipinski definition) is 0. The second kappa shape index (κ2) is 2.24. The molecule has 82 valence electrons. The molecule has 5 aliphatic carbocycles. The van der Waals surface area contributed by atoms with Gasteiger partial charge in [-0.05, 0) is 55.1 Å². The van der Waals surface area contributed by atoms with E-state index in [1.54, 1.807) is 38.3 Å². The van der Waals surface area contributed by atoms with Gasteiger partial charge >= 0.3 is 0 Å². The zero-order valence-corrected chi connectivity index (χ0v) is 9.83. The molecule has 6 bridgehead atoms. The minimum Gasteiger partial charge on any atom is -0.0801 e. The Kier molecular flexibility index (Phi) is 1.01. The van der Waals surface area contributed by atoms with Crippen LogP contribution in [-0.4, -0.2) is 0 Å². The quantitative estimate of drug-likeness (QED) is 0.643. The lowest BCUT2D eigenvalue weighted by Crippen LogP contribution is -2.19. The summed E-state index contributed by atoms with van der Waals surface area (Å²) in [5, 5.41) is 6.13. The van der Waals surface area contributed by atoms with E-state index in [-0.39, 0.29) is 0 Å². The van der Waals surface area contributed by atoms with Crippen LogP contribution in [0.2, 0.25) is 0 Å². The van der Waals surface area contributed by atoms with Gasteiger partial charge < -0.3 is 0 Å². The van der Waals surface area contributed by atoms with E-state index in [4.69, 9.17) is 0 Å². The molecule has 7 rings (SSSR count). The minimum atomic E-state index is 0.686. The predicted octanol–water partition coefficient (Wildman–Crippen LogP) is 1.84. The molecule has 0 amide bonds. The van der Waals surface area contributed by atoms with E-state index in [9.17, 15) is 0 Å². The largest absolute Gasteiger partial charge is 0.0801 e. The third-order valence-corrected chi connectivity index (χ3v) is 4.99. The van der Waals surface area contributed by atoms with Crippen molar-refractivity contribution in [3.63, 3.8) is 0 Å². The van der Waals surface area contributed by atoms with Crippen molar-refractivity contribution in [2.45, 2.75) is 12.3 Å². The van der Waals surface area contributed by atoms with Crippen molar-refractivity contribution < 1.29 is 0 Å². The van der Waals surface area contributed by atoms with Gasteiger partial charge in [0.1, 0.15) is 0 Å². The average Bonchev–Trinajstić information content (AvgIpc) is 3.00. The van der Waals surface area contributed by atoms with Crippen molar-refractivity contribution in [1.82, 2.24) is 0 Å². The minimum absolute atomic E-state index is 0.686. The first-order valence-corrected chi connectivity index (χ1v) is 6.66. The normalized spacial score (nSPS) is 21.8. The molecule has 0 radical (unpaired) electrons. The van der Waals surface area contributed by atoms with Gasteiger partial charge in [0.2, 0.25) is 0 Å². The highest BCUT2D eigenvalue weighted by Gasteiger charge is 2.49. The molecule has 5 aliphatic rings. The highest BCUT2D eigenvalue weighted by molar-refractivity contribution is 5.95.